The van der Waals surface area contributed by atoms with Crippen LogP contribution in [0.15, 0.2) is 35.5 Å². The number of nitrogens with one attached hydrogen (secondary N) is 2. The highest BCUT2D eigenvalue weighted by atomic mass is 16.2. The molecule has 2 aromatic heterocycles. The van der Waals surface area contributed by atoms with Crippen molar-refractivity contribution in [3.63, 3.8) is 0 Å². The highest BCUT2D eigenvalue weighted by Gasteiger charge is 2.21. The lowest BCUT2D eigenvalue weighted by Gasteiger charge is -2.35. The highest BCUT2D eigenvalue weighted by Crippen LogP contribution is 2.12. The summed E-state index contributed by atoms with van der Waals surface area (Å²) in [6.07, 6.45) is 3.18. The monoisotopic (exact) mass is 440 g/mol. The molecule has 1 amide bonds. The van der Waals surface area contributed by atoms with Gasteiger partial charge in [-0.25, -0.2) is 4.98 Å². The molecule has 1 saturated heterocycles. The van der Waals surface area contributed by atoms with Crippen molar-refractivity contribution in [2.75, 3.05) is 50.7 Å². The molecule has 1 aliphatic rings. The lowest BCUT2D eigenvalue weighted by atomic mass is 10.2. The van der Waals surface area contributed by atoms with Crippen molar-refractivity contribution < 1.29 is 4.79 Å². The van der Waals surface area contributed by atoms with E-state index in [1.165, 1.54) is 5.69 Å². The van der Waals surface area contributed by atoms with Crippen molar-refractivity contribution in [1.82, 2.24) is 30.3 Å². The molecule has 2 N–H and O–H groups in total. The molecule has 0 radical (unpaired) electrons. The second kappa shape index (κ2) is 12.1. The van der Waals surface area contributed by atoms with Crippen LogP contribution in [0, 0.1) is 13.8 Å². The number of hydrogen-bond donors (Lipinski definition) is 2. The van der Waals surface area contributed by atoms with E-state index in [-0.39, 0.29) is 5.91 Å². The van der Waals surface area contributed by atoms with Crippen LogP contribution in [-0.4, -0.2) is 77.3 Å². The van der Waals surface area contributed by atoms with Crippen LogP contribution in [0.25, 0.3) is 0 Å². The molecular formula is C23H36N8O. The average Bonchev–Trinajstić information content (AvgIpc) is 3.14. The number of hydrogen-bond acceptors (Lipinski definition) is 5. The van der Waals surface area contributed by atoms with Crippen molar-refractivity contribution in [3.8, 4) is 0 Å². The lowest BCUT2D eigenvalue weighted by molar-refractivity contribution is -0.131. The Bertz CT molecular complexity index is 871. The number of piperazine rings is 1. The van der Waals surface area contributed by atoms with Crippen LogP contribution in [0.5, 0.6) is 0 Å². The van der Waals surface area contributed by atoms with Crippen molar-refractivity contribution in [2.24, 2.45) is 4.99 Å². The van der Waals surface area contributed by atoms with E-state index in [1.54, 1.807) is 6.20 Å². The summed E-state index contributed by atoms with van der Waals surface area (Å²) in [6, 6.07) is 8.02. The maximum absolute atomic E-state index is 12.6. The van der Waals surface area contributed by atoms with Gasteiger partial charge in [0.25, 0.3) is 0 Å². The van der Waals surface area contributed by atoms with E-state index in [0.29, 0.717) is 19.5 Å². The van der Waals surface area contributed by atoms with Crippen molar-refractivity contribution in [1.29, 1.82) is 0 Å². The first kappa shape index (κ1) is 23.6. The zero-order valence-corrected chi connectivity index (χ0v) is 19.5. The van der Waals surface area contributed by atoms with Crippen LogP contribution in [-0.2, 0) is 11.3 Å². The first-order valence-corrected chi connectivity index (χ1v) is 11.5. The minimum Gasteiger partial charge on any atom is -0.357 e. The Morgan fingerprint density at radius 3 is 2.62 bits per heavy atom. The van der Waals surface area contributed by atoms with E-state index < -0.39 is 0 Å². The number of anilines is 1. The fourth-order valence-electron chi connectivity index (χ4n) is 3.83. The van der Waals surface area contributed by atoms with Gasteiger partial charge in [-0.1, -0.05) is 6.07 Å². The van der Waals surface area contributed by atoms with Crippen LogP contribution in [0.2, 0.25) is 0 Å². The molecular weight excluding hydrogens is 404 g/mol. The minimum atomic E-state index is 0.179. The number of aromatic nitrogens is 3. The summed E-state index contributed by atoms with van der Waals surface area (Å²) in [5, 5.41) is 11.0. The summed E-state index contributed by atoms with van der Waals surface area (Å²) < 4.78 is 2.03. The Morgan fingerprint density at radius 2 is 1.97 bits per heavy atom. The maximum Gasteiger partial charge on any atom is 0.224 e. The van der Waals surface area contributed by atoms with Gasteiger partial charge in [0, 0.05) is 70.7 Å². The number of carbonyl (C=O) groups is 1. The van der Waals surface area contributed by atoms with Gasteiger partial charge >= 0.3 is 0 Å². The SMILES string of the molecule is CCNC(=NCCCn1nc(C)cc1C)NCCC(=O)N1CCN(c2ccccn2)CC1. The van der Waals surface area contributed by atoms with Crippen LogP contribution < -0.4 is 15.5 Å². The van der Waals surface area contributed by atoms with Crippen molar-refractivity contribution in [2.45, 2.75) is 40.2 Å². The van der Waals surface area contributed by atoms with Gasteiger partial charge in [-0.05, 0) is 45.4 Å². The second-order valence-corrected chi connectivity index (χ2v) is 8.00. The Balaban J connectivity index is 1.36. The molecule has 0 saturated carbocycles. The quantitative estimate of drug-likeness (QED) is 0.350. The summed E-state index contributed by atoms with van der Waals surface area (Å²) in [5.74, 6) is 1.91. The largest absolute Gasteiger partial charge is 0.357 e. The first-order chi connectivity index (χ1) is 15.6. The van der Waals surface area contributed by atoms with Gasteiger partial charge in [0.15, 0.2) is 5.96 Å². The number of rotatable bonds is 9. The third kappa shape index (κ3) is 6.96. The Morgan fingerprint density at radius 1 is 1.16 bits per heavy atom. The topological polar surface area (TPSA) is 90.7 Å². The standard InChI is InChI=1S/C23H36N8O/c1-4-24-23(26-11-7-13-31-20(3)18-19(2)28-31)27-12-9-22(32)30-16-14-29(15-17-30)21-8-5-6-10-25-21/h5-6,8,10,18H,4,7,9,11-17H2,1-3H3,(H2,24,26,27). The van der Waals surface area contributed by atoms with Gasteiger partial charge in [-0.15, -0.1) is 0 Å². The summed E-state index contributed by atoms with van der Waals surface area (Å²) in [4.78, 5) is 25.8. The minimum absolute atomic E-state index is 0.179. The predicted octanol–water partition coefficient (Wildman–Crippen LogP) is 1.58. The number of guanidine groups is 1. The molecule has 3 heterocycles. The molecule has 32 heavy (non-hydrogen) atoms. The molecule has 174 valence electrons. The molecule has 0 unspecified atom stereocenters. The van der Waals surface area contributed by atoms with E-state index in [1.807, 2.05) is 41.6 Å². The normalized spacial score (nSPS) is 14.5. The molecule has 9 heteroatoms. The fourth-order valence-corrected chi connectivity index (χ4v) is 3.83. The van der Waals surface area contributed by atoms with E-state index >= 15 is 0 Å². The smallest absolute Gasteiger partial charge is 0.224 e. The number of pyridine rings is 1. The van der Waals surface area contributed by atoms with E-state index in [9.17, 15) is 4.79 Å². The second-order valence-electron chi connectivity index (χ2n) is 8.00. The molecule has 0 bridgehead atoms. The molecule has 0 aromatic carbocycles. The Kier molecular flexibility index (Phi) is 8.89. The Labute approximate surface area is 190 Å². The summed E-state index contributed by atoms with van der Waals surface area (Å²) in [5.41, 5.74) is 2.22. The maximum atomic E-state index is 12.6. The van der Waals surface area contributed by atoms with Gasteiger partial charge in [-0.3, -0.25) is 14.5 Å². The molecule has 1 fully saturated rings. The summed E-state index contributed by atoms with van der Waals surface area (Å²) in [6.45, 7) is 12.1. The van der Waals surface area contributed by atoms with Crippen LogP contribution >= 0.6 is 0 Å². The van der Waals surface area contributed by atoms with E-state index in [2.05, 4.69) is 43.6 Å². The fraction of sp³-hybridized carbons (Fsp3) is 0.565. The van der Waals surface area contributed by atoms with Gasteiger partial charge < -0.3 is 20.4 Å². The lowest BCUT2D eigenvalue weighted by Crippen LogP contribution is -2.49. The van der Waals surface area contributed by atoms with Crippen LogP contribution in [0.3, 0.4) is 0 Å². The first-order valence-electron chi connectivity index (χ1n) is 11.5. The van der Waals surface area contributed by atoms with Crippen molar-refractivity contribution in [3.05, 3.63) is 41.9 Å². The number of carbonyl (C=O) groups excluding carboxylic acids is 1. The predicted molar refractivity (Wildman–Crippen MR) is 128 cm³/mol. The highest BCUT2D eigenvalue weighted by molar-refractivity contribution is 5.81. The van der Waals surface area contributed by atoms with Gasteiger partial charge in [0.1, 0.15) is 5.82 Å². The molecule has 0 spiro atoms. The molecule has 3 rings (SSSR count). The summed E-state index contributed by atoms with van der Waals surface area (Å²) >= 11 is 0. The molecule has 9 nitrogen and oxygen atoms in total. The molecule has 0 atom stereocenters. The number of aliphatic imine (C=N–C) groups is 1. The average molecular weight is 441 g/mol. The van der Waals surface area contributed by atoms with Crippen molar-refractivity contribution >= 4 is 17.7 Å². The molecule has 2 aromatic rings. The third-order valence-electron chi connectivity index (χ3n) is 5.48. The van der Waals surface area contributed by atoms with Crippen LogP contribution in [0.1, 0.15) is 31.2 Å². The molecule has 0 aliphatic carbocycles. The van der Waals surface area contributed by atoms with E-state index in [0.717, 1.165) is 63.2 Å². The Hall–Kier alpha value is -3.10. The van der Waals surface area contributed by atoms with Crippen LogP contribution in [0.4, 0.5) is 5.82 Å². The number of aryl methyl sites for hydroxylation is 3. The zero-order valence-electron chi connectivity index (χ0n) is 19.5. The number of nitrogens with zero attached hydrogens (tertiary/aromatic N) is 6. The number of amides is 1. The van der Waals surface area contributed by atoms with Gasteiger partial charge in [0.05, 0.1) is 5.69 Å². The molecule has 1 aliphatic heterocycles. The zero-order chi connectivity index (χ0) is 22.8. The van der Waals surface area contributed by atoms with Gasteiger partial charge in [0.2, 0.25) is 5.91 Å². The van der Waals surface area contributed by atoms with Gasteiger partial charge in [-0.2, -0.15) is 5.10 Å². The third-order valence-corrected chi connectivity index (χ3v) is 5.48. The van der Waals surface area contributed by atoms with E-state index in [4.69, 9.17) is 0 Å². The summed E-state index contributed by atoms with van der Waals surface area (Å²) in [7, 11) is 0.